The molecule has 15 heavy (non-hydrogen) atoms. The number of amidine groups is 1. The number of nitrogens with two attached hydrogens (primary N) is 2. The zero-order valence-electron chi connectivity index (χ0n) is 8.10. The summed E-state index contributed by atoms with van der Waals surface area (Å²) in [6.45, 7) is 0. The highest BCUT2D eigenvalue weighted by Gasteiger charge is 2.12. The number of rotatable bonds is 4. The number of nitrogens with one attached hydrogen (secondary N) is 1. The minimum atomic E-state index is -1.04. The fraction of sp³-hybridized carbons (Fsp3) is 0.200. The summed E-state index contributed by atoms with van der Waals surface area (Å²) in [6, 6.07) is 5.92. The second-order valence-corrected chi connectivity index (χ2v) is 3.26. The van der Waals surface area contributed by atoms with Gasteiger partial charge in [-0.1, -0.05) is 18.2 Å². The predicted octanol–water partition coefficient (Wildman–Crippen LogP) is -0.0749. The number of carboxylic acid groups (broad SMARTS) is 1. The number of hydrogen-bond acceptors (Lipinski definition) is 3. The molecule has 80 valence electrons. The Morgan fingerprint density at radius 3 is 2.73 bits per heavy atom. The molecule has 0 heterocycles. The van der Waals surface area contributed by atoms with Gasteiger partial charge in [0.2, 0.25) is 0 Å². The molecule has 0 saturated heterocycles. The van der Waals surface area contributed by atoms with E-state index in [2.05, 4.69) is 0 Å². The Hall–Kier alpha value is -1.88. The molecule has 1 rings (SSSR count). The summed E-state index contributed by atoms with van der Waals surface area (Å²) < 4.78 is 0. The van der Waals surface area contributed by atoms with Crippen LogP contribution in [0.2, 0.25) is 0 Å². The van der Waals surface area contributed by atoms with Crippen molar-refractivity contribution in [1.29, 1.82) is 5.41 Å². The van der Waals surface area contributed by atoms with Gasteiger partial charge < -0.3 is 16.6 Å². The van der Waals surface area contributed by atoms with Gasteiger partial charge in [0.1, 0.15) is 11.9 Å². The van der Waals surface area contributed by atoms with Gasteiger partial charge in [0, 0.05) is 5.56 Å². The van der Waals surface area contributed by atoms with Gasteiger partial charge in [-0.05, 0) is 18.1 Å². The van der Waals surface area contributed by atoms with Crippen molar-refractivity contribution in [3.05, 3.63) is 35.4 Å². The first kappa shape index (κ1) is 11.2. The molecule has 0 aliphatic carbocycles. The third-order valence-corrected chi connectivity index (χ3v) is 2.01. The summed E-state index contributed by atoms with van der Waals surface area (Å²) in [5.41, 5.74) is 12.0. The van der Waals surface area contributed by atoms with E-state index in [-0.39, 0.29) is 12.3 Å². The van der Waals surface area contributed by atoms with E-state index in [1.807, 2.05) is 0 Å². The quantitative estimate of drug-likeness (QED) is 0.408. The van der Waals surface area contributed by atoms with Gasteiger partial charge in [0.05, 0.1) is 0 Å². The minimum absolute atomic E-state index is 0.0410. The fourth-order valence-corrected chi connectivity index (χ4v) is 1.21. The second kappa shape index (κ2) is 4.56. The Labute approximate surface area is 87.2 Å². The maximum absolute atomic E-state index is 10.5. The molecule has 0 fully saturated rings. The molecule has 5 nitrogen and oxygen atoms in total. The zero-order chi connectivity index (χ0) is 11.4. The highest BCUT2D eigenvalue weighted by atomic mass is 16.4. The number of carboxylic acids is 1. The standard InChI is InChI=1S/C10H13N3O2/c11-8(10(14)15)5-6-2-1-3-7(4-6)9(12)13/h1-4,8H,5,11H2,(H3,12,13)(H,14,15)/t8-/m1/s1. The van der Waals surface area contributed by atoms with E-state index in [9.17, 15) is 4.79 Å². The van der Waals surface area contributed by atoms with E-state index in [0.717, 1.165) is 5.56 Å². The minimum Gasteiger partial charge on any atom is -0.480 e. The van der Waals surface area contributed by atoms with Crippen LogP contribution in [0.4, 0.5) is 0 Å². The van der Waals surface area contributed by atoms with Crippen molar-refractivity contribution in [2.45, 2.75) is 12.5 Å². The summed E-state index contributed by atoms with van der Waals surface area (Å²) in [6.07, 6.45) is 0.233. The first-order valence-corrected chi connectivity index (χ1v) is 4.42. The first-order valence-electron chi connectivity index (χ1n) is 4.42. The molecule has 0 amide bonds. The summed E-state index contributed by atoms with van der Waals surface area (Å²) in [5.74, 6) is -1.08. The van der Waals surface area contributed by atoms with Gasteiger partial charge in [-0.25, -0.2) is 0 Å². The smallest absolute Gasteiger partial charge is 0.320 e. The van der Waals surface area contributed by atoms with Gasteiger partial charge in [-0.15, -0.1) is 0 Å². The molecular formula is C10H13N3O2. The average molecular weight is 207 g/mol. The SMILES string of the molecule is N=C(N)c1cccc(C[C@@H](N)C(=O)O)c1. The van der Waals surface area contributed by atoms with Crippen molar-refractivity contribution in [2.75, 3.05) is 0 Å². The highest BCUT2D eigenvalue weighted by molar-refractivity contribution is 5.95. The molecule has 1 aromatic rings. The van der Waals surface area contributed by atoms with E-state index < -0.39 is 12.0 Å². The van der Waals surface area contributed by atoms with E-state index in [4.69, 9.17) is 22.0 Å². The molecule has 0 unspecified atom stereocenters. The van der Waals surface area contributed by atoms with E-state index in [1.54, 1.807) is 24.3 Å². The molecule has 0 bridgehead atoms. The van der Waals surface area contributed by atoms with Crippen molar-refractivity contribution in [3.63, 3.8) is 0 Å². The monoisotopic (exact) mass is 207 g/mol. The van der Waals surface area contributed by atoms with Crippen LogP contribution in [0.25, 0.3) is 0 Å². The Bertz CT molecular complexity index is 390. The van der Waals surface area contributed by atoms with Crippen molar-refractivity contribution in [1.82, 2.24) is 0 Å². The van der Waals surface area contributed by atoms with Gasteiger partial charge in [0.15, 0.2) is 0 Å². The molecule has 1 aromatic carbocycles. The third-order valence-electron chi connectivity index (χ3n) is 2.01. The lowest BCUT2D eigenvalue weighted by molar-refractivity contribution is -0.138. The van der Waals surface area contributed by atoms with Crippen LogP contribution in [-0.2, 0) is 11.2 Å². The van der Waals surface area contributed by atoms with Crippen LogP contribution >= 0.6 is 0 Å². The fourth-order valence-electron chi connectivity index (χ4n) is 1.21. The van der Waals surface area contributed by atoms with E-state index in [1.165, 1.54) is 0 Å². The zero-order valence-corrected chi connectivity index (χ0v) is 8.10. The molecular weight excluding hydrogens is 194 g/mol. The molecule has 0 aliphatic rings. The molecule has 1 atom stereocenters. The molecule has 0 aromatic heterocycles. The van der Waals surface area contributed by atoms with Crippen LogP contribution in [0.5, 0.6) is 0 Å². The summed E-state index contributed by atoms with van der Waals surface area (Å²) in [7, 11) is 0. The Morgan fingerprint density at radius 1 is 1.53 bits per heavy atom. The van der Waals surface area contributed by atoms with Gasteiger partial charge in [-0.3, -0.25) is 10.2 Å². The summed E-state index contributed by atoms with van der Waals surface area (Å²) in [4.78, 5) is 10.5. The summed E-state index contributed by atoms with van der Waals surface area (Å²) >= 11 is 0. The molecule has 0 saturated carbocycles. The normalized spacial score (nSPS) is 12.1. The lowest BCUT2D eigenvalue weighted by Crippen LogP contribution is -2.32. The lowest BCUT2D eigenvalue weighted by atomic mass is 10.0. The Balaban J connectivity index is 2.82. The summed E-state index contributed by atoms with van der Waals surface area (Å²) in [5, 5.41) is 15.9. The van der Waals surface area contributed by atoms with E-state index >= 15 is 0 Å². The number of aliphatic carboxylic acids is 1. The van der Waals surface area contributed by atoms with Crippen LogP contribution in [-0.4, -0.2) is 23.0 Å². The molecule has 0 spiro atoms. The van der Waals surface area contributed by atoms with Crippen LogP contribution in [0.15, 0.2) is 24.3 Å². The van der Waals surface area contributed by atoms with Gasteiger partial charge in [0.25, 0.3) is 0 Å². The number of carbonyl (C=O) groups is 1. The molecule has 6 N–H and O–H groups in total. The largest absolute Gasteiger partial charge is 0.480 e. The lowest BCUT2D eigenvalue weighted by Gasteiger charge is -2.07. The second-order valence-electron chi connectivity index (χ2n) is 3.26. The van der Waals surface area contributed by atoms with E-state index in [0.29, 0.717) is 5.56 Å². The van der Waals surface area contributed by atoms with Crippen molar-refractivity contribution in [2.24, 2.45) is 11.5 Å². The topological polar surface area (TPSA) is 113 Å². The maximum atomic E-state index is 10.5. The number of nitrogen functional groups attached to an aromatic ring is 1. The van der Waals surface area contributed by atoms with Gasteiger partial charge in [-0.2, -0.15) is 0 Å². The van der Waals surface area contributed by atoms with Crippen LogP contribution in [0.3, 0.4) is 0 Å². The highest BCUT2D eigenvalue weighted by Crippen LogP contribution is 2.06. The first-order chi connectivity index (χ1) is 7.00. The maximum Gasteiger partial charge on any atom is 0.320 e. The van der Waals surface area contributed by atoms with Crippen LogP contribution < -0.4 is 11.5 Å². The Morgan fingerprint density at radius 2 is 2.20 bits per heavy atom. The Kier molecular flexibility index (Phi) is 3.41. The van der Waals surface area contributed by atoms with Crippen molar-refractivity contribution < 1.29 is 9.90 Å². The third kappa shape index (κ3) is 3.07. The number of hydrogen-bond donors (Lipinski definition) is 4. The average Bonchev–Trinajstić information content (AvgIpc) is 2.18. The van der Waals surface area contributed by atoms with Crippen LogP contribution in [0, 0.1) is 5.41 Å². The van der Waals surface area contributed by atoms with Gasteiger partial charge >= 0.3 is 5.97 Å². The molecule has 0 radical (unpaired) electrons. The molecule has 0 aliphatic heterocycles. The molecule has 5 heteroatoms. The van der Waals surface area contributed by atoms with Crippen molar-refractivity contribution >= 4 is 11.8 Å². The van der Waals surface area contributed by atoms with Crippen LogP contribution in [0.1, 0.15) is 11.1 Å². The van der Waals surface area contributed by atoms with Crippen molar-refractivity contribution in [3.8, 4) is 0 Å². The number of benzene rings is 1. The predicted molar refractivity (Wildman–Crippen MR) is 56.8 cm³/mol.